The van der Waals surface area contributed by atoms with Gasteiger partial charge in [0.05, 0.1) is 0 Å². The zero-order valence-electron chi connectivity index (χ0n) is 79.6. The molecule has 12 heteroatoms. The summed E-state index contributed by atoms with van der Waals surface area (Å²) in [6, 6.07) is 0. The predicted octanol–water partition coefficient (Wildman–Crippen LogP) is 34.0. The molecule has 0 saturated heterocycles. The van der Waals surface area contributed by atoms with Gasteiger partial charge in [-0.2, -0.15) is 0 Å². The molecule has 0 aromatic heterocycles. The SMILES string of the molecule is CCCCCCCC/C=C/CCCCCCCC(=O)OC(COC(=O)CCCCCCCCCCCCCCC)COC(=O)CCCCCCCCCCCCCCC.CCCCCCCC/C=C/CCCCCCCC(=O)OC(COC(=O)CCCCCCCCCCCCCCC)COC(=O)CCCCCCCCCCCCCCC. The molecule has 0 aliphatic rings. The highest BCUT2D eigenvalue weighted by atomic mass is 16.6. The van der Waals surface area contributed by atoms with Crippen LogP contribution < -0.4 is 0 Å². The van der Waals surface area contributed by atoms with Gasteiger partial charge in [0.1, 0.15) is 26.4 Å². The molecule has 0 atom stereocenters. The summed E-state index contributed by atoms with van der Waals surface area (Å²) >= 11 is 0. The van der Waals surface area contributed by atoms with Crippen molar-refractivity contribution in [3.05, 3.63) is 24.3 Å². The molecule has 696 valence electrons. The number of carbonyl (C=O) groups excluding carboxylic acids is 6. The minimum Gasteiger partial charge on any atom is -0.462 e. The van der Waals surface area contributed by atoms with Crippen LogP contribution in [-0.2, 0) is 57.2 Å². The second-order valence-corrected chi connectivity index (χ2v) is 35.6. The van der Waals surface area contributed by atoms with E-state index in [4.69, 9.17) is 28.4 Å². The molecule has 0 rings (SSSR count). The number of hydrogen-bond acceptors (Lipinski definition) is 12. The summed E-state index contributed by atoms with van der Waals surface area (Å²) in [6.07, 6.45) is 107. The number of rotatable bonds is 96. The van der Waals surface area contributed by atoms with Crippen LogP contribution in [0.1, 0.15) is 581 Å². The molecule has 118 heavy (non-hydrogen) atoms. The molecule has 0 aliphatic heterocycles. The van der Waals surface area contributed by atoms with E-state index < -0.39 is 12.2 Å². The van der Waals surface area contributed by atoms with Gasteiger partial charge in [0.2, 0.25) is 0 Å². The average Bonchev–Trinajstić information content (AvgIpc) is 0.946. The maximum Gasteiger partial charge on any atom is 0.306 e. The molecular formula is C106H200O12. The van der Waals surface area contributed by atoms with Gasteiger partial charge in [0, 0.05) is 38.5 Å². The molecule has 0 saturated carbocycles. The van der Waals surface area contributed by atoms with E-state index in [1.165, 1.54) is 372 Å². The maximum absolute atomic E-state index is 12.8. The van der Waals surface area contributed by atoms with E-state index in [0.29, 0.717) is 38.5 Å². The third kappa shape index (κ3) is 99.4. The first-order valence-electron chi connectivity index (χ1n) is 52.4. The summed E-state index contributed by atoms with van der Waals surface area (Å²) < 4.78 is 33.6. The lowest BCUT2D eigenvalue weighted by Gasteiger charge is -2.18. The number of carbonyl (C=O) groups is 6. The summed E-state index contributed by atoms with van der Waals surface area (Å²) in [5, 5.41) is 0. The number of ether oxygens (including phenoxy) is 6. The molecule has 0 aromatic rings. The number of hydrogen-bond donors (Lipinski definition) is 0. The second-order valence-electron chi connectivity index (χ2n) is 35.6. The molecular weight excluding hydrogens is 1470 g/mol. The monoisotopic (exact) mass is 1670 g/mol. The fourth-order valence-electron chi connectivity index (χ4n) is 15.6. The van der Waals surface area contributed by atoms with Gasteiger partial charge in [-0.1, -0.05) is 477 Å². The van der Waals surface area contributed by atoms with Crippen molar-refractivity contribution in [2.45, 2.75) is 593 Å². The number of esters is 6. The summed E-state index contributed by atoms with van der Waals surface area (Å²) in [7, 11) is 0. The smallest absolute Gasteiger partial charge is 0.306 e. The van der Waals surface area contributed by atoms with Crippen molar-refractivity contribution in [2.24, 2.45) is 0 Å². The Morgan fingerprint density at radius 2 is 0.280 bits per heavy atom. The fraction of sp³-hybridized carbons (Fsp3) is 0.906. The largest absolute Gasteiger partial charge is 0.462 e. The normalized spacial score (nSPS) is 11.5. The molecule has 0 amide bonds. The van der Waals surface area contributed by atoms with E-state index in [1.54, 1.807) is 0 Å². The first-order chi connectivity index (χ1) is 58.1. The second kappa shape index (κ2) is 102. The van der Waals surface area contributed by atoms with Gasteiger partial charge >= 0.3 is 35.8 Å². The topological polar surface area (TPSA) is 158 Å². The molecule has 0 fully saturated rings. The molecule has 0 aliphatic carbocycles. The van der Waals surface area contributed by atoms with Crippen molar-refractivity contribution in [3.63, 3.8) is 0 Å². The lowest BCUT2D eigenvalue weighted by Crippen LogP contribution is -2.30. The third-order valence-electron chi connectivity index (χ3n) is 23.5. The van der Waals surface area contributed by atoms with Gasteiger partial charge in [-0.15, -0.1) is 0 Å². The predicted molar refractivity (Wildman–Crippen MR) is 504 cm³/mol. The Balaban J connectivity index is 0. The summed E-state index contributed by atoms with van der Waals surface area (Å²) in [4.78, 5) is 75.9. The van der Waals surface area contributed by atoms with E-state index in [1.807, 2.05) is 0 Å². The van der Waals surface area contributed by atoms with Crippen LogP contribution in [0.5, 0.6) is 0 Å². The Morgan fingerprint density at radius 3 is 0.424 bits per heavy atom. The molecule has 0 N–H and O–H groups in total. The molecule has 0 spiro atoms. The van der Waals surface area contributed by atoms with Crippen LogP contribution in [0.15, 0.2) is 24.3 Å². The summed E-state index contributed by atoms with van der Waals surface area (Å²) in [5.74, 6) is -1.72. The van der Waals surface area contributed by atoms with Gasteiger partial charge in [0.15, 0.2) is 12.2 Å². The molecule has 12 nitrogen and oxygen atoms in total. The van der Waals surface area contributed by atoms with Crippen molar-refractivity contribution >= 4 is 35.8 Å². The van der Waals surface area contributed by atoms with E-state index >= 15 is 0 Å². The summed E-state index contributed by atoms with van der Waals surface area (Å²) in [6.45, 7) is 13.3. The summed E-state index contributed by atoms with van der Waals surface area (Å²) in [5.41, 5.74) is 0. The van der Waals surface area contributed by atoms with Crippen LogP contribution in [0.2, 0.25) is 0 Å². The van der Waals surface area contributed by atoms with Crippen LogP contribution in [0.25, 0.3) is 0 Å². The van der Waals surface area contributed by atoms with Crippen LogP contribution in [0.3, 0.4) is 0 Å². The fourth-order valence-corrected chi connectivity index (χ4v) is 15.6. The highest BCUT2D eigenvalue weighted by Crippen LogP contribution is 2.21. The average molecular weight is 1670 g/mol. The molecule has 0 aromatic carbocycles. The lowest BCUT2D eigenvalue weighted by atomic mass is 10.0. The van der Waals surface area contributed by atoms with Crippen LogP contribution in [0, 0.1) is 0 Å². The Labute approximate surface area is 732 Å². The zero-order chi connectivity index (χ0) is 85.9. The van der Waals surface area contributed by atoms with Crippen molar-refractivity contribution in [1.82, 2.24) is 0 Å². The Kier molecular flexibility index (Phi) is 101. The molecule has 0 bridgehead atoms. The Bertz CT molecular complexity index is 1890. The van der Waals surface area contributed by atoms with Crippen molar-refractivity contribution in [1.29, 1.82) is 0 Å². The number of allylic oxidation sites excluding steroid dienone is 4. The zero-order valence-corrected chi connectivity index (χ0v) is 79.6. The van der Waals surface area contributed by atoms with Gasteiger partial charge in [0.25, 0.3) is 0 Å². The highest BCUT2D eigenvalue weighted by Gasteiger charge is 2.22. The molecule has 0 unspecified atom stereocenters. The van der Waals surface area contributed by atoms with Crippen LogP contribution >= 0.6 is 0 Å². The Morgan fingerprint density at radius 1 is 0.161 bits per heavy atom. The minimum atomic E-state index is -0.767. The van der Waals surface area contributed by atoms with Crippen LogP contribution in [-0.4, -0.2) is 74.5 Å². The van der Waals surface area contributed by atoms with Crippen molar-refractivity contribution in [3.8, 4) is 0 Å². The Hall–Kier alpha value is -3.70. The third-order valence-corrected chi connectivity index (χ3v) is 23.5. The first-order valence-corrected chi connectivity index (χ1v) is 52.4. The van der Waals surface area contributed by atoms with Gasteiger partial charge in [-0.25, -0.2) is 0 Å². The van der Waals surface area contributed by atoms with E-state index in [0.717, 1.165) is 128 Å². The van der Waals surface area contributed by atoms with Gasteiger partial charge < -0.3 is 28.4 Å². The van der Waals surface area contributed by atoms with Gasteiger partial charge in [-0.3, -0.25) is 28.8 Å². The maximum atomic E-state index is 12.8. The standard InChI is InChI=1S/2C53H100O6/c2*1-4-7-10-13-16-19-22-25-26-29-32-35-38-41-44-47-53(56)59-50(48-57-51(54)45-42-39-36-33-30-27-23-20-17-14-11-8-5-2)49-58-52(55)46-43-40-37-34-31-28-24-21-18-15-12-9-6-3/h2*25-26,50H,4-24,27-49H2,1-3H3/b2*26-25+. The first kappa shape index (κ1) is 116. The highest BCUT2D eigenvalue weighted by molar-refractivity contribution is 5.72. The van der Waals surface area contributed by atoms with Gasteiger partial charge in [-0.05, 0) is 89.9 Å². The van der Waals surface area contributed by atoms with E-state index in [9.17, 15) is 28.8 Å². The lowest BCUT2D eigenvalue weighted by molar-refractivity contribution is -0.167. The molecule has 0 radical (unpaired) electrons. The molecule has 0 heterocycles. The van der Waals surface area contributed by atoms with Crippen LogP contribution in [0.4, 0.5) is 0 Å². The van der Waals surface area contributed by atoms with E-state index in [-0.39, 0.29) is 62.2 Å². The number of unbranched alkanes of at least 4 members (excludes halogenated alkanes) is 70. The minimum absolute atomic E-state index is 0.0680. The van der Waals surface area contributed by atoms with E-state index in [2.05, 4.69) is 65.8 Å². The quantitative estimate of drug-likeness (QED) is 0.0246. The van der Waals surface area contributed by atoms with Crippen molar-refractivity contribution in [2.75, 3.05) is 26.4 Å². The van der Waals surface area contributed by atoms with Crippen molar-refractivity contribution < 1.29 is 57.2 Å².